The second kappa shape index (κ2) is 6.18. The molecule has 21 heavy (non-hydrogen) atoms. The first-order valence-corrected chi connectivity index (χ1v) is 8.85. The molecule has 0 saturated heterocycles. The van der Waals surface area contributed by atoms with Gasteiger partial charge in [-0.05, 0) is 37.6 Å². The molecule has 2 aromatic rings. The standard InChI is InChI=1S/C16H24N4S/c1-3-10-17-15-18-13(12-7-11-21-14(12)19-15)20-16(2)8-5-4-6-9-16/h7,11H,3-6,8-10H2,1-2H3,(H2,17,18,19,20). The van der Waals surface area contributed by atoms with Crippen LogP contribution < -0.4 is 10.6 Å². The van der Waals surface area contributed by atoms with E-state index in [4.69, 9.17) is 4.98 Å². The van der Waals surface area contributed by atoms with Crippen molar-refractivity contribution in [3.8, 4) is 0 Å². The van der Waals surface area contributed by atoms with Crippen LogP contribution in [0.15, 0.2) is 11.4 Å². The van der Waals surface area contributed by atoms with Gasteiger partial charge in [0.1, 0.15) is 10.6 Å². The average molecular weight is 304 g/mol. The first kappa shape index (κ1) is 14.6. The van der Waals surface area contributed by atoms with Crippen molar-refractivity contribution >= 4 is 33.3 Å². The van der Waals surface area contributed by atoms with Crippen LogP contribution in [0.25, 0.3) is 10.2 Å². The molecule has 3 rings (SSSR count). The molecule has 114 valence electrons. The van der Waals surface area contributed by atoms with Crippen LogP contribution in [-0.2, 0) is 0 Å². The molecule has 2 aromatic heterocycles. The van der Waals surface area contributed by atoms with E-state index in [1.54, 1.807) is 11.3 Å². The topological polar surface area (TPSA) is 49.8 Å². The van der Waals surface area contributed by atoms with Crippen LogP contribution in [0.3, 0.4) is 0 Å². The van der Waals surface area contributed by atoms with Gasteiger partial charge in [-0.15, -0.1) is 11.3 Å². The normalized spacial score (nSPS) is 17.8. The number of nitrogens with zero attached hydrogens (tertiary/aromatic N) is 2. The summed E-state index contributed by atoms with van der Waals surface area (Å²) in [5.74, 6) is 1.73. The smallest absolute Gasteiger partial charge is 0.226 e. The van der Waals surface area contributed by atoms with Crippen molar-refractivity contribution in [2.45, 2.75) is 57.9 Å². The van der Waals surface area contributed by atoms with Gasteiger partial charge in [-0.25, -0.2) is 4.98 Å². The third-order valence-electron chi connectivity index (χ3n) is 4.24. The zero-order chi connectivity index (χ0) is 14.7. The van der Waals surface area contributed by atoms with Gasteiger partial charge in [0.05, 0.1) is 5.39 Å². The molecule has 0 amide bonds. The highest BCUT2D eigenvalue weighted by molar-refractivity contribution is 7.16. The molecular formula is C16H24N4S. The second-order valence-electron chi connectivity index (χ2n) is 6.21. The van der Waals surface area contributed by atoms with E-state index in [1.807, 2.05) is 0 Å². The van der Waals surface area contributed by atoms with Gasteiger partial charge in [0, 0.05) is 12.1 Å². The molecule has 1 aliphatic rings. The molecule has 0 spiro atoms. The van der Waals surface area contributed by atoms with E-state index in [1.165, 1.54) is 32.1 Å². The third-order valence-corrected chi connectivity index (χ3v) is 5.04. The molecule has 0 atom stereocenters. The predicted molar refractivity (Wildman–Crippen MR) is 91.3 cm³/mol. The number of aromatic nitrogens is 2. The number of fused-ring (bicyclic) bond motifs is 1. The summed E-state index contributed by atoms with van der Waals surface area (Å²) >= 11 is 1.68. The molecule has 0 unspecified atom stereocenters. The zero-order valence-corrected chi connectivity index (χ0v) is 13.7. The van der Waals surface area contributed by atoms with E-state index < -0.39 is 0 Å². The minimum atomic E-state index is 0.170. The van der Waals surface area contributed by atoms with E-state index >= 15 is 0 Å². The Morgan fingerprint density at radius 3 is 2.81 bits per heavy atom. The Balaban J connectivity index is 1.90. The lowest BCUT2D eigenvalue weighted by Crippen LogP contribution is -2.37. The number of nitrogens with one attached hydrogen (secondary N) is 2. The lowest BCUT2D eigenvalue weighted by atomic mass is 9.83. The summed E-state index contributed by atoms with van der Waals surface area (Å²) in [7, 11) is 0. The summed E-state index contributed by atoms with van der Waals surface area (Å²) < 4.78 is 0. The Labute approximate surface area is 130 Å². The minimum Gasteiger partial charge on any atom is -0.364 e. The van der Waals surface area contributed by atoms with Gasteiger partial charge in [-0.1, -0.05) is 26.2 Å². The summed E-state index contributed by atoms with van der Waals surface area (Å²) in [6.07, 6.45) is 7.50. The summed E-state index contributed by atoms with van der Waals surface area (Å²) in [5, 5.41) is 10.3. The molecule has 4 nitrogen and oxygen atoms in total. The quantitative estimate of drug-likeness (QED) is 0.844. The first-order chi connectivity index (χ1) is 10.2. The van der Waals surface area contributed by atoms with Crippen LogP contribution in [0.1, 0.15) is 52.4 Å². The molecule has 2 N–H and O–H groups in total. The third kappa shape index (κ3) is 3.28. The Morgan fingerprint density at radius 1 is 1.24 bits per heavy atom. The molecular weight excluding hydrogens is 280 g/mol. The lowest BCUT2D eigenvalue weighted by Gasteiger charge is -2.35. The van der Waals surface area contributed by atoms with Crippen LogP contribution in [0.2, 0.25) is 0 Å². The molecule has 0 aliphatic heterocycles. The van der Waals surface area contributed by atoms with E-state index in [0.29, 0.717) is 0 Å². The highest BCUT2D eigenvalue weighted by Gasteiger charge is 2.27. The van der Waals surface area contributed by atoms with Crippen molar-refractivity contribution in [1.82, 2.24) is 9.97 Å². The maximum Gasteiger partial charge on any atom is 0.226 e. The fourth-order valence-corrected chi connectivity index (χ4v) is 3.77. The van der Waals surface area contributed by atoms with Gasteiger partial charge in [-0.3, -0.25) is 0 Å². The van der Waals surface area contributed by atoms with Gasteiger partial charge in [0.15, 0.2) is 0 Å². The summed E-state index contributed by atoms with van der Waals surface area (Å²) in [6, 6.07) is 2.12. The van der Waals surface area contributed by atoms with Crippen LogP contribution in [-0.4, -0.2) is 22.1 Å². The van der Waals surface area contributed by atoms with Crippen LogP contribution in [0.4, 0.5) is 11.8 Å². The van der Waals surface area contributed by atoms with Crippen molar-refractivity contribution in [2.24, 2.45) is 0 Å². The molecule has 1 aliphatic carbocycles. The fourth-order valence-electron chi connectivity index (χ4n) is 3.01. The monoisotopic (exact) mass is 304 g/mol. The molecule has 0 aromatic carbocycles. The van der Waals surface area contributed by atoms with Gasteiger partial charge in [0.2, 0.25) is 5.95 Å². The second-order valence-corrected chi connectivity index (χ2v) is 7.10. The van der Waals surface area contributed by atoms with E-state index in [-0.39, 0.29) is 5.54 Å². The summed E-state index contributed by atoms with van der Waals surface area (Å²) in [4.78, 5) is 10.4. The van der Waals surface area contributed by atoms with Crippen LogP contribution in [0, 0.1) is 0 Å². The average Bonchev–Trinajstić information content (AvgIpc) is 2.94. The molecule has 1 fully saturated rings. The van der Waals surface area contributed by atoms with Crippen LogP contribution >= 0.6 is 11.3 Å². The molecule has 2 heterocycles. The van der Waals surface area contributed by atoms with E-state index in [9.17, 15) is 0 Å². The number of hydrogen-bond acceptors (Lipinski definition) is 5. The largest absolute Gasteiger partial charge is 0.364 e. The predicted octanol–water partition coefficient (Wildman–Crippen LogP) is 4.65. The molecule has 0 radical (unpaired) electrons. The molecule has 5 heteroatoms. The Morgan fingerprint density at radius 2 is 2.05 bits per heavy atom. The van der Waals surface area contributed by atoms with Crippen molar-refractivity contribution in [2.75, 3.05) is 17.2 Å². The van der Waals surface area contributed by atoms with Crippen LogP contribution in [0.5, 0.6) is 0 Å². The molecule has 0 bridgehead atoms. The highest BCUT2D eigenvalue weighted by atomic mass is 32.1. The number of anilines is 2. The Bertz CT molecular complexity index is 601. The fraction of sp³-hybridized carbons (Fsp3) is 0.625. The first-order valence-electron chi connectivity index (χ1n) is 7.97. The SMILES string of the molecule is CCCNc1nc(NC2(C)CCCCC2)c2ccsc2n1. The minimum absolute atomic E-state index is 0.170. The highest BCUT2D eigenvalue weighted by Crippen LogP contribution is 2.34. The van der Waals surface area contributed by atoms with Gasteiger partial charge in [0.25, 0.3) is 0 Å². The maximum absolute atomic E-state index is 4.72. The number of thiophene rings is 1. The van der Waals surface area contributed by atoms with Gasteiger partial charge < -0.3 is 10.6 Å². The van der Waals surface area contributed by atoms with E-state index in [0.717, 1.165) is 34.9 Å². The lowest BCUT2D eigenvalue weighted by molar-refractivity contribution is 0.349. The summed E-state index contributed by atoms with van der Waals surface area (Å²) in [5.41, 5.74) is 0.170. The van der Waals surface area contributed by atoms with Crippen molar-refractivity contribution in [1.29, 1.82) is 0 Å². The maximum atomic E-state index is 4.72. The van der Waals surface area contributed by atoms with Crippen molar-refractivity contribution in [3.63, 3.8) is 0 Å². The van der Waals surface area contributed by atoms with Gasteiger partial charge in [-0.2, -0.15) is 4.98 Å². The number of rotatable bonds is 5. The zero-order valence-electron chi connectivity index (χ0n) is 12.9. The Kier molecular flexibility index (Phi) is 4.29. The Hall–Kier alpha value is -1.36. The molecule has 1 saturated carbocycles. The summed E-state index contributed by atoms with van der Waals surface area (Å²) in [6.45, 7) is 5.39. The number of hydrogen-bond donors (Lipinski definition) is 2. The van der Waals surface area contributed by atoms with Gasteiger partial charge >= 0.3 is 0 Å². The van der Waals surface area contributed by atoms with E-state index in [2.05, 4.69) is 40.9 Å². The van der Waals surface area contributed by atoms with Crippen molar-refractivity contribution in [3.05, 3.63) is 11.4 Å². The van der Waals surface area contributed by atoms with Crippen molar-refractivity contribution < 1.29 is 0 Å².